The summed E-state index contributed by atoms with van der Waals surface area (Å²) < 4.78 is 5.96. The molecule has 0 spiro atoms. The topological polar surface area (TPSA) is 52.3 Å². The molecule has 24 heavy (non-hydrogen) atoms. The lowest BCUT2D eigenvalue weighted by molar-refractivity contribution is 0.0838. The number of thioether (sulfide) groups is 1. The van der Waals surface area contributed by atoms with Crippen LogP contribution in [0.1, 0.15) is 53.5 Å². The quantitative estimate of drug-likeness (QED) is 0.819. The Labute approximate surface area is 146 Å². The summed E-state index contributed by atoms with van der Waals surface area (Å²) in [6.07, 6.45) is 4.79. The van der Waals surface area contributed by atoms with Crippen molar-refractivity contribution < 1.29 is 9.53 Å². The van der Waals surface area contributed by atoms with Gasteiger partial charge in [-0.1, -0.05) is 61.4 Å². The normalized spacial score (nSPS) is 21.3. The van der Waals surface area contributed by atoms with Crippen LogP contribution in [-0.4, -0.2) is 11.3 Å². The minimum Gasteiger partial charge on any atom is -0.473 e. The predicted octanol–water partition coefficient (Wildman–Crippen LogP) is 4.71. The van der Waals surface area contributed by atoms with E-state index in [0.29, 0.717) is 5.56 Å². The highest BCUT2D eigenvalue weighted by Crippen LogP contribution is 2.50. The van der Waals surface area contributed by atoms with Crippen LogP contribution in [0.3, 0.4) is 0 Å². The molecule has 2 N–H and O–H groups in total. The molecule has 1 aliphatic heterocycles. The monoisotopic (exact) mass is 339 g/mol. The first-order valence-electron chi connectivity index (χ1n) is 8.52. The number of ketones is 1. The van der Waals surface area contributed by atoms with Gasteiger partial charge in [-0.05, 0) is 31.0 Å². The lowest BCUT2D eigenvalue weighted by Crippen LogP contribution is -2.49. The van der Waals surface area contributed by atoms with E-state index in [1.807, 2.05) is 36.4 Å². The molecule has 2 aliphatic rings. The molecule has 1 unspecified atom stereocenters. The molecule has 1 aliphatic carbocycles. The second-order valence-corrected chi connectivity index (χ2v) is 7.79. The van der Waals surface area contributed by atoms with Gasteiger partial charge in [0.15, 0.2) is 11.2 Å². The zero-order valence-electron chi connectivity index (χ0n) is 13.5. The van der Waals surface area contributed by atoms with Gasteiger partial charge in [-0.3, -0.25) is 4.79 Å². The number of rotatable bonds is 4. The van der Waals surface area contributed by atoms with Crippen LogP contribution in [0, 0.1) is 0 Å². The fourth-order valence-electron chi connectivity index (χ4n) is 3.55. The Morgan fingerprint density at radius 2 is 1.79 bits per heavy atom. The minimum atomic E-state index is -0.714. The van der Waals surface area contributed by atoms with Crippen LogP contribution >= 0.6 is 11.8 Å². The van der Waals surface area contributed by atoms with Crippen molar-refractivity contribution in [1.82, 2.24) is 0 Å². The average molecular weight is 339 g/mol. The van der Waals surface area contributed by atoms with E-state index in [0.717, 1.165) is 41.9 Å². The molecule has 0 amide bonds. The van der Waals surface area contributed by atoms with E-state index < -0.39 is 5.54 Å². The van der Waals surface area contributed by atoms with E-state index in [-0.39, 0.29) is 11.2 Å². The maximum absolute atomic E-state index is 13.0. The van der Waals surface area contributed by atoms with Crippen LogP contribution in [0.15, 0.2) is 53.4 Å². The summed E-state index contributed by atoms with van der Waals surface area (Å²) in [6, 6.07) is 16.0. The van der Waals surface area contributed by atoms with Gasteiger partial charge in [0.05, 0.1) is 11.1 Å². The third kappa shape index (κ3) is 2.74. The van der Waals surface area contributed by atoms with Crippen LogP contribution in [-0.2, 0) is 0 Å². The second kappa shape index (κ2) is 6.26. The number of carbonyl (C=O) groups is 1. The first kappa shape index (κ1) is 15.7. The van der Waals surface area contributed by atoms with Crippen molar-refractivity contribution >= 4 is 17.5 Å². The van der Waals surface area contributed by atoms with Crippen LogP contribution in [0.25, 0.3) is 0 Å². The van der Waals surface area contributed by atoms with E-state index in [4.69, 9.17) is 10.5 Å². The largest absolute Gasteiger partial charge is 0.473 e. The van der Waals surface area contributed by atoms with Crippen molar-refractivity contribution in [1.29, 1.82) is 0 Å². The third-order valence-electron chi connectivity index (χ3n) is 4.95. The Morgan fingerprint density at radius 1 is 1.04 bits per heavy atom. The SMILES string of the molecule is NC1(C(=O)c2cccc3c2OC3Sc2ccccc2)CCCCC1. The number of carbonyl (C=O) groups excluding carboxylic acids is 1. The van der Waals surface area contributed by atoms with Gasteiger partial charge >= 0.3 is 0 Å². The van der Waals surface area contributed by atoms with Crippen molar-refractivity contribution in [3.8, 4) is 5.75 Å². The standard InChI is InChI=1S/C20H21NO2S/c21-20(12-5-2-6-13-20)18(22)15-10-7-11-16-17(15)23-19(16)24-14-8-3-1-4-9-14/h1,3-4,7-11,19H,2,5-6,12-13,21H2. The fourth-order valence-corrected chi connectivity index (χ4v) is 4.57. The number of ether oxygens (including phenoxy) is 1. The third-order valence-corrected chi connectivity index (χ3v) is 6.06. The van der Waals surface area contributed by atoms with E-state index in [1.165, 1.54) is 6.42 Å². The number of para-hydroxylation sites is 1. The fraction of sp³-hybridized carbons (Fsp3) is 0.350. The Kier molecular flexibility index (Phi) is 4.10. The molecule has 0 aromatic heterocycles. The Hall–Kier alpha value is -1.78. The molecule has 1 fully saturated rings. The first-order valence-corrected chi connectivity index (χ1v) is 9.40. The summed E-state index contributed by atoms with van der Waals surface area (Å²) in [5.41, 5.74) is 7.41. The van der Waals surface area contributed by atoms with E-state index in [2.05, 4.69) is 12.1 Å². The zero-order chi connectivity index (χ0) is 16.6. The molecule has 0 radical (unpaired) electrons. The van der Waals surface area contributed by atoms with Gasteiger partial charge in [-0.25, -0.2) is 0 Å². The summed E-state index contributed by atoms with van der Waals surface area (Å²) in [4.78, 5) is 14.1. The Morgan fingerprint density at radius 3 is 2.54 bits per heavy atom. The summed E-state index contributed by atoms with van der Waals surface area (Å²) in [5.74, 6) is 0.772. The number of fused-ring (bicyclic) bond motifs is 1. The maximum Gasteiger partial charge on any atom is 0.186 e. The van der Waals surface area contributed by atoms with Crippen molar-refractivity contribution in [2.24, 2.45) is 5.73 Å². The van der Waals surface area contributed by atoms with Crippen molar-refractivity contribution in [2.75, 3.05) is 0 Å². The highest BCUT2D eigenvalue weighted by atomic mass is 32.2. The molecule has 0 saturated heterocycles. The summed E-state index contributed by atoms with van der Waals surface area (Å²) in [5, 5.41) is 0. The Balaban J connectivity index is 1.56. The van der Waals surface area contributed by atoms with Gasteiger partial charge < -0.3 is 10.5 Å². The smallest absolute Gasteiger partial charge is 0.186 e. The summed E-state index contributed by atoms with van der Waals surface area (Å²) in [6.45, 7) is 0. The first-order chi connectivity index (χ1) is 11.7. The Bertz CT molecular complexity index is 753. The van der Waals surface area contributed by atoms with Gasteiger partial charge in [0.1, 0.15) is 5.75 Å². The minimum absolute atomic E-state index is 0.0437. The predicted molar refractivity (Wildman–Crippen MR) is 96.4 cm³/mol. The lowest BCUT2D eigenvalue weighted by Gasteiger charge is -2.36. The highest BCUT2D eigenvalue weighted by molar-refractivity contribution is 7.99. The number of Topliss-reactive ketones (excluding diaryl/α,β-unsaturated/α-hetero) is 1. The summed E-state index contributed by atoms with van der Waals surface area (Å²) in [7, 11) is 0. The van der Waals surface area contributed by atoms with E-state index in [9.17, 15) is 4.79 Å². The molecular formula is C20H21NO2S. The average Bonchev–Trinajstić information content (AvgIpc) is 2.60. The molecule has 4 heteroatoms. The van der Waals surface area contributed by atoms with E-state index in [1.54, 1.807) is 11.8 Å². The molecule has 3 nitrogen and oxygen atoms in total. The second-order valence-electron chi connectivity index (χ2n) is 6.65. The molecule has 0 bridgehead atoms. The number of hydrogen-bond acceptors (Lipinski definition) is 4. The van der Waals surface area contributed by atoms with Gasteiger partial charge in [-0.2, -0.15) is 0 Å². The molecular weight excluding hydrogens is 318 g/mol. The number of hydrogen-bond donors (Lipinski definition) is 1. The van der Waals surface area contributed by atoms with Gasteiger partial charge in [0.25, 0.3) is 0 Å². The highest BCUT2D eigenvalue weighted by Gasteiger charge is 2.40. The zero-order valence-corrected chi connectivity index (χ0v) is 14.4. The number of nitrogens with two attached hydrogens (primary N) is 1. The van der Waals surface area contributed by atoms with Crippen LogP contribution in [0.4, 0.5) is 0 Å². The molecule has 4 rings (SSSR count). The van der Waals surface area contributed by atoms with Crippen molar-refractivity contribution in [3.63, 3.8) is 0 Å². The molecule has 1 atom stereocenters. The summed E-state index contributed by atoms with van der Waals surface area (Å²) >= 11 is 1.66. The lowest BCUT2D eigenvalue weighted by atomic mass is 9.77. The van der Waals surface area contributed by atoms with Crippen molar-refractivity contribution in [2.45, 2.75) is 48.0 Å². The van der Waals surface area contributed by atoms with Crippen LogP contribution in [0.5, 0.6) is 5.75 Å². The van der Waals surface area contributed by atoms with E-state index >= 15 is 0 Å². The molecule has 1 heterocycles. The maximum atomic E-state index is 13.0. The number of benzene rings is 2. The molecule has 124 valence electrons. The molecule has 2 aromatic rings. The van der Waals surface area contributed by atoms with Gasteiger partial charge in [0.2, 0.25) is 0 Å². The van der Waals surface area contributed by atoms with Gasteiger partial charge in [-0.15, -0.1) is 0 Å². The van der Waals surface area contributed by atoms with Crippen molar-refractivity contribution in [3.05, 3.63) is 59.7 Å². The van der Waals surface area contributed by atoms with Crippen LogP contribution < -0.4 is 10.5 Å². The van der Waals surface area contributed by atoms with Gasteiger partial charge in [0, 0.05) is 10.5 Å². The molecule has 2 aromatic carbocycles. The van der Waals surface area contributed by atoms with Crippen LogP contribution in [0.2, 0.25) is 0 Å². The molecule has 1 saturated carbocycles.